The standard InChI is InChI=1S/C23H22N2O4/c26-21(14-29-18-10-9-15-5-1-2-6-16(15)11-18)24-12-17(13-24)25-22(27)19-7-3-4-8-20(19)23(25)28/h1-6,9-11,17,19-20H,7-8,12-14H2. The Balaban J connectivity index is 1.16. The van der Waals surface area contributed by atoms with Crippen LogP contribution < -0.4 is 4.74 Å². The molecule has 2 aliphatic heterocycles. The number of allylic oxidation sites excluding steroid dienone is 2. The summed E-state index contributed by atoms with van der Waals surface area (Å²) in [4.78, 5) is 40.7. The molecule has 0 spiro atoms. The second-order valence-corrected chi connectivity index (χ2v) is 7.95. The van der Waals surface area contributed by atoms with Gasteiger partial charge in [0.1, 0.15) is 5.75 Å². The lowest BCUT2D eigenvalue weighted by atomic mass is 9.85. The number of ether oxygens (including phenoxy) is 1. The zero-order chi connectivity index (χ0) is 20.0. The van der Waals surface area contributed by atoms with E-state index in [4.69, 9.17) is 4.74 Å². The average Bonchev–Trinajstić information content (AvgIpc) is 2.96. The number of nitrogens with zero attached hydrogens (tertiary/aromatic N) is 2. The van der Waals surface area contributed by atoms with Crippen molar-refractivity contribution in [2.24, 2.45) is 11.8 Å². The molecule has 5 rings (SSSR count). The van der Waals surface area contributed by atoms with Crippen molar-refractivity contribution in [3.8, 4) is 5.75 Å². The Kier molecular flexibility index (Phi) is 4.34. The largest absolute Gasteiger partial charge is 0.484 e. The zero-order valence-electron chi connectivity index (χ0n) is 16.0. The molecule has 2 heterocycles. The van der Waals surface area contributed by atoms with Crippen molar-refractivity contribution in [2.45, 2.75) is 18.9 Å². The number of carbonyl (C=O) groups is 3. The number of rotatable bonds is 4. The molecule has 2 unspecified atom stereocenters. The zero-order valence-corrected chi connectivity index (χ0v) is 16.0. The van der Waals surface area contributed by atoms with Crippen LogP contribution in [0.4, 0.5) is 0 Å². The van der Waals surface area contributed by atoms with Crippen molar-refractivity contribution in [2.75, 3.05) is 19.7 Å². The summed E-state index contributed by atoms with van der Waals surface area (Å²) in [5, 5.41) is 2.18. The van der Waals surface area contributed by atoms with Crippen molar-refractivity contribution < 1.29 is 19.1 Å². The van der Waals surface area contributed by atoms with Gasteiger partial charge in [-0.25, -0.2) is 0 Å². The SMILES string of the molecule is O=C(COc1ccc2ccccc2c1)N1CC(N2C(=O)C3CC=CCC3C2=O)C1. The molecule has 2 atom stereocenters. The van der Waals surface area contributed by atoms with E-state index in [0.29, 0.717) is 31.7 Å². The molecule has 6 nitrogen and oxygen atoms in total. The highest BCUT2D eigenvalue weighted by Gasteiger charge is 2.52. The normalized spacial score (nSPS) is 24.0. The first-order chi connectivity index (χ1) is 14.1. The van der Waals surface area contributed by atoms with Gasteiger partial charge >= 0.3 is 0 Å². The average molecular weight is 390 g/mol. The van der Waals surface area contributed by atoms with Crippen LogP contribution in [-0.2, 0) is 14.4 Å². The molecule has 0 saturated carbocycles. The van der Waals surface area contributed by atoms with Gasteiger partial charge in [-0.15, -0.1) is 0 Å². The highest BCUT2D eigenvalue weighted by molar-refractivity contribution is 6.06. The lowest BCUT2D eigenvalue weighted by Crippen LogP contribution is -2.63. The van der Waals surface area contributed by atoms with E-state index < -0.39 is 0 Å². The maximum Gasteiger partial charge on any atom is 0.260 e. The van der Waals surface area contributed by atoms with Crippen LogP contribution in [0, 0.1) is 11.8 Å². The maximum absolute atomic E-state index is 12.6. The molecule has 2 aromatic rings. The highest BCUT2D eigenvalue weighted by atomic mass is 16.5. The Morgan fingerprint density at radius 1 is 0.931 bits per heavy atom. The predicted octanol–water partition coefficient (Wildman–Crippen LogP) is 2.38. The predicted molar refractivity (Wildman–Crippen MR) is 107 cm³/mol. The molecule has 0 bridgehead atoms. The maximum atomic E-state index is 12.6. The summed E-state index contributed by atoms with van der Waals surface area (Å²) in [5.74, 6) is -0.0621. The van der Waals surface area contributed by atoms with Crippen LogP contribution in [0.1, 0.15) is 12.8 Å². The summed E-state index contributed by atoms with van der Waals surface area (Å²) >= 11 is 0. The third kappa shape index (κ3) is 3.09. The van der Waals surface area contributed by atoms with Crippen molar-refractivity contribution in [3.63, 3.8) is 0 Å². The molecule has 0 aromatic heterocycles. The topological polar surface area (TPSA) is 66.9 Å². The van der Waals surface area contributed by atoms with E-state index in [9.17, 15) is 14.4 Å². The lowest BCUT2D eigenvalue weighted by Gasteiger charge is -2.43. The molecule has 2 saturated heterocycles. The molecular formula is C23H22N2O4. The minimum Gasteiger partial charge on any atom is -0.484 e. The number of likely N-dealkylation sites (tertiary alicyclic amines) is 2. The van der Waals surface area contributed by atoms with Gasteiger partial charge < -0.3 is 9.64 Å². The van der Waals surface area contributed by atoms with Gasteiger partial charge in [0, 0.05) is 13.1 Å². The molecule has 3 aliphatic rings. The number of benzene rings is 2. The molecule has 6 heteroatoms. The van der Waals surface area contributed by atoms with Crippen LogP contribution in [0.2, 0.25) is 0 Å². The van der Waals surface area contributed by atoms with Gasteiger partial charge in [-0.3, -0.25) is 19.3 Å². The van der Waals surface area contributed by atoms with Gasteiger partial charge in [0.25, 0.3) is 5.91 Å². The van der Waals surface area contributed by atoms with E-state index in [1.807, 2.05) is 54.6 Å². The molecule has 2 fully saturated rings. The number of hydrogen-bond acceptors (Lipinski definition) is 4. The van der Waals surface area contributed by atoms with E-state index in [-0.39, 0.29) is 42.2 Å². The van der Waals surface area contributed by atoms with Gasteiger partial charge in [0.15, 0.2) is 6.61 Å². The molecule has 148 valence electrons. The van der Waals surface area contributed by atoms with Crippen LogP contribution in [0.25, 0.3) is 10.8 Å². The Bertz CT molecular complexity index is 998. The quantitative estimate of drug-likeness (QED) is 0.594. The molecule has 1 aliphatic carbocycles. The monoisotopic (exact) mass is 390 g/mol. The first-order valence-electron chi connectivity index (χ1n) is 10.0. The summed E-state index contributed by atoms with van der Waals surface area (Å²) in [6.07, 6.45) is 5.24. The fourth-order valence-electron chi connectivity index (χ4n) is 4.50. The molecule has 2 aromatic carbocycles. The summed E-state index contributed by atoms with van der Waals surface area (Å²) in [7, 11) is 0. The summed E-state index contributed by atoms with van der Waals surface area (Å²) in [6.45, 7) is 0.733. The Morgan fingerprint density at radius 3 is 2.28 bits per heavy atom. The number of hydrogen-bond donors (Lipinski definition) is 0. The van der Waals surface area contributed by atoms with Crippen LogP contribution in [0.3, 0.4) is 0 Å². The van der Waals surface area contributed by atoms with Gasteiger partial charge in [-0.2, -0.15) is 0 Å². The number of imide groups is 1. The Morgan fingerprint density at radius 2 is 1.59 bits per heavy atom. The fraction of sp³-hybridized carbons (Fsp3) is 0.348. The second kappa shape index (κ2) is 7.03. The van der Waals surface area contributed by atoms with Crippen LogP contribution in [-0.4, -0.2) is 53.3 Å². The van der Waals surface area contributed by atoms with E-state index >= 15 is 0 Å². The molecule has 0 N–H and O–H groups in total. The lowest BCUT2D eigenvalue weighted by molar-refractivity contribution is -0.153. The van der Waals surface area contributed by atoms with Crippen LogP contribution in [0.5, 0.6) is 5.75 Å². The van der Waals surface area contributed by atoms with Gasteiger partial charge in [0.2, 0.25) is 11.8 Å². The summed E-state index contributed by atoms with van der Waals surface area (Å²) in [5.41, 5.74) is 0. The Labute approximate surface area is 168 Å². The van der Waals surface area contributed by atoms with Crippen molar-refractivity contribution in [1.29, 1.82) is 0 Å². The third-order valence-corrected chi connectivity index (χ3v) is 6.21. The van der Waals surface area contributed by atoms with Crippen molar-refractivity contribution in [1.82, 2.24) is 9.80 Å². The Hall–Kier alpha value is -3.15. The first-order valence-corrected chi connectivity index (χ1v) is 10.0. The van der Waals surface area contributed by atoms with E-state index in [2.05, 4.69) is 0 Å². The van der Waals surface area contributed by atoms with E-state index in [1.54, 1.807) is 4.90 Å². The first kappa shape index (κ1) is 17.9. The second-order valence-electron chi connectivity index (χ2n) is 7.95. The molecular weight excluding hydrogens is 368 g/mol. The number of fused-ring (bicyclic) bond motifs is 2. The fourth-order valence-corrected chi connectivity index (χ4v) is 4.50. The van der Waals surface area contributed by atoms with Crippen molar-refractivity contribution in [3.05, 3.63) is 54.6 Å². The number of carbonyl (C=O) groups excluding carboxylic acids is 3. The minimum atomic E-state index is -0.214. The molecule has 0 radical (unpaired) electrons. The smallest absolute Gasteiger partial charge is 0.260 e. The van der Waals surface area contributed by atoms with Crippen molar-refractivity contribution >= 4 is 28.5 Å². The van der Waals surface area contributed by atoms with Gasteiger partial charge in [-0.05, 0) is 35.7 Å². The molecule has 29 heavy (non-hydrogen) atoms. The van der Waals surface area contributed by atoms with E-state index in [0.717, 1.165) is 10.8 Å². The van der Waals surface area contributed by atoms with Crippen LogP contribution >= 0.6 is 0 Å². The number of amides is 3. The van der Waals surface area contributed by atoms with Gasteiger partial charge in [-0.1, -0.05) is 42.5 Å². The summed E-state index contributed by atoms with van der Waals surface area (Å²) < 4.78 is 5.67. The summed E-state index contributed by atoms with van der Waals surface area (Å²) in [6, 6.07) is 13.5. The third-order valence-electron chi connectivity index (χ3n) is 6.21. The minimum absolute atomic E-state index is 0.0534. The highest BCUT2D eigenvalue weighted by Crippen LogP contribution is 2.37. The van der Waals surface area contributed by atoms with E-state index in [1.165, 1.54) is 4.90 Å². The molecule has 3 amide bonds. The van der Waals surface area contributed by atoms with Gasteiger partial charge in [0.05, 0.1) is 17.9 Å². The van der Waals surface area contributed by atoms with Crippen LogP contribution in [0.15, 0.2) is 54.6 Å².